The van der Waals surface area contributed by atoms with Crippen molar-refractivity contribution in [1.82, 2.24) is 5.32 Å². The molecule has 0 aliphatic carbocycles. The fourth-order valence-electron chi connectivity index (χ4n) is 3.71. The molecule has 2 atom stereocenters. The minimum atomic E-state index is -5.34. The van der Waals surface area contributed by atoms with Crippen LogP contribution in [0.4, 0.5) is 43.9 Å². The third-order valence-corrected chi connectivity index (χ3v) is 7.31. The fraction of sp³-hybridized carbons (Fsp3) is 0.320. The molecule has 0 fully saturated rings. The molecule has 0 spiro atoms. The van der Waals surface area contributed by atoms with E-state index in [1.165, 1.54) is 12.1 Å². The Hall–Kier alpha value is -3.07. The highest BCUT2D eigenvalue weighted by atomic mass is 35.5. The molecular weight excluding hydrogens is 620 g/mol. The smallest absolute Gasteiger partial charge is 0.349 e. The summed E-state index contributed by atoms with van der Waals surface area (Å²) in [5, 5.41) is 1.68. The third-order valence-electron chi connectivity index (χ3n) is 5.31. The number of amides is 1. The van der Waals surface area contributed by atoms with Gasteiger partial charge in [0.1, 0.15) is 17.5 Å². The van der Waals surface area contributed by atoms with Crippen LogP contribution in [0.3, 0.4) is 0 Å². The minimum Gasteiger partial charge on any atom is -0.349 e. The summed E-state index contributed by atoms with van der Waals surface area (Å²) in [5.74, 6) is -9.41. The lowest BCUT2D eigenvalue weighted by atomic mass is 9.94. The second-order valence-electron chi connectivity index (χ2n) is 8.86. The van der Waals surface area contributed by atoms with Gasteiger partial charge < -0.3 is 5.32 Å². The van der Waals surface area contributed by atoms with Crippen LogP contribution >= 0.6 is 11.6 Å². The molecule has 1 N–H and O–H groups in total. The van der Waals surface area contributed by atoms with Crippen molar-refractivity contribution in [3.63, 3.8) is 0 Å². The van der Waals surface area contributed by atoms with E-state index in [2.05, 4.69) is 6.58 Å². The number of carbonyl (C=O) groups is 1. The van der Waals surface area contributed by atoms with Crippen LogP contribution in [-0.4, -0.2) is 44.2 Å². The van der Waals surface area contributed by atoms with Gasteiger partial charge in [0.15, 0.2) is 9.84 Å². The summed E-state index contributed by atoms with van der Waals surface area (Å²) in [5.41, 5.74) is -4.31. The van der Waals surface area contributed by atoms with Crippen LogP contribution in [0.15, 0.2) is 49.1 Å². The van der Waals surface area contributed by atoms with Crippen molar-refractivity contribution in [2.45, 2.75) is 37.4 Å². The maximum Gasteiger partial charge on any atom is 0.417 e. The number of rotatable bonds is 9. The second-order valence-corrected chi connectivity index (χ2v) is 11.4. The zero-order valence-electron chi connectivity index (χ0n) is 20.7. The van der Waals surface area contributed by atoms with E-state index in [1.807, 2.05) is 5.32 Å². The molecule has 16 heteroatoms. The fourth-order valence-corrected chi connectivity index (χ4v) is 5.43. The van der Waals surface area contributed by atoms with Crippen LogP contribution in [-0.2, 0) is 16.0 Å². The molecule has 0 aromatic heterocycles. The van der Waals surface area contributed by atoms with E-state index in [0.29, 0.717) is 12.1 Å². The van der Waals surface area contributed by atoms with Crippen molar-refractivity contribution >= 4 is 39.2 Å². The number of carbonyl (C=O) groups excluding carboxylic acids is 1. The lowest BCUT2D eigenvalue weighted by Crippen LogP contribution is -2.40. The Labute approximate surface area is 232 Å². The Morgan fingerprint density at radius 1 is 1.02 bits per heavy atom. The number of hydrogen-bond donors (Lipinski definition) is 1. The molecule has 226 valence electrons. The van der Waals surface area contributed by atoms with Crippen molar-refractivity contribution in [2.24, 2.45) is 0 Å². The van der Waals surface area contributed by atoms with E-state index >= 15 is 0 Å². The summed E-state index contributed by atoms with van der Waals surface area (Å²) in [6.07, 6.45) is -14.3. The molecule has 0 radical (unpaired) electrons. The molecule has 41 heavy (non-hydrogen) atoms. The lowest BCUT2D eigenvalue weighted by molar-refractivity contribution is -0.140. The standard InChI is InChI=1S/C25H20ClF10NO3S/c1-3-14-6-16(8-17(26)7-14)19(24(31,32)33)10-21(27)15-4-5-18(20(9-15)25(34,35)36)22(38)37-13(2)11-41(39,40)12-23(28,29)30/h3-10,13,19H,1,11-12H2,2H3,(H,37,38)/b21-10-/t13-,19?/m1/s1. The average molecular weight is 640 g/mol. The van der Waals surface area contributed by atoms with Crippen molar-refractivity contribution in [3.05, 3.63) is 81.9 Å². The van der Waals surface area contributed by atoms with E-state index in [1.54, 1.807) is 0 Å². The van der Waals surface area contributed by atoms with Crippen LogP contribution in [0.25, 0.3) is 11.9 Å². The average Bonchev–Trinajstić information content (AvgIpc) is 2.77. The summed E-state index contributed by atoms with van der Waals surface area (Å²) in [4.78, 5) is 12.5. The molecule has 0 aliphatic heterocycles. The van der Waals surface area contributed by atoms with Crippen molar-refractivity contribution < 1.29 is 57.1 Å². The van der Waals surface area contributed by atoms with Crippen LogP contribution in [0, 0.1) is 0 Å². The molecule has 1 unspecified atom stereocenters. The van der Waals surface area contributed by atoms with Crippen molar-refractivity contribution in [2.75, 3.05) is 11.5 Å². The first-order valence-electron chi connectivity index (χ1n) is 11.2. The summed E-state index contributed by atoms with van der Waals surface area (Å²) >= 11 is 5.82. The molecule has 1 amide bonds. The number of allylic oxidation sites excluding steroid dienone is 1. The van der Waals surface area contributed by atoms with Crippen LogP contribution < -0.4 is 5.32 Å². The van der Waals surface area contributed by atoms with Gasteiger partial charge in [-0.1, -0.05) is 36.4 Å². The van der Waals surface area contributed by atoms with Crippen molar-refractivity contribution in [1.29, 1.82) is 0 Å². The molecule has 0 bridgehead atoms. The van der Waals surface area contributed by atoms with Crippen LogP contribution in [0.5, 0.6) is 0 Å². The van der Waals surface area contributed by atoms with Crippen molar-refractivity contribution in [3.8, 4) is 0 Å². The zero-order chi connectivity index (χ0) is 31.6. The minimum absolute atomic E-state index is 0.0291. The van der Waals surface area contributed by atoms with Gasteiger partial charge >= 0.3 is 18.5 Å². The maximum absolute atomic E-state index is 15.0. The zero-order valence-corrected chi connectivity index (χ0v) is 22.3. The first-order chi connectivity index (χ1) is 18.5. The van der Waals surface area contributed by atoms with Gasteiger partial charge in [-0.25, -0.2) is 12.8 Å². The number of sulfone groups is 1. The molecule has 0 saturated carbocycles. The molecule has 2 aromatic carbocycles. The summed E-state index contributed by atoms with van der Waals surface area (Å²) in [7, 11) is -4.80. The predicted molar refractivity (Wildman–Crippen MR) is 133 cm³/mol. The van der Waals surface area contributed by atoms with Gasteiger partial charge in [0.2, 0.25) is 0 Å². The van der Waals surface area contributed by atoms with Crippen LogP contribution in [0.1, 0.15) is 45.5 Å². The topological polar surface area (TPSA) is 63.2 Å². The van der Waals surface area contributed by atoms with Gasteiger partial charge in [-0.2, -0.15) is 39.5 Å². The number of alkyl halides is 9. The van der Waals surface area contributed by atoms with Crippen LogP contribution in [0.2, 0.25) is 5.02 Å². The Kier molecular flexibility index (Phi) is 10.3. The monoisotopic (exact) mass is 639 g/mol. The number of nitrogens with one attached hydrogen (secondary N) is 1. The third kappa shape index (κ3) is 10.1. The first-order valence-corrected chi connectivity index (χ1v) is 13.4. The molecule has 0 saturated heterocycles. The van der Waals surface area contributed by atoms with E-state index in [0.717, 1.165) is 19.1 Å². The highest BCUT2D eigenvalue weighted by Gasteiger charge is 2.41. The van der Waals surface area contributed by atoms with E-state index < -0.39 is 85.8 Å². The van der Waals surface area contributed by atoms with Gasteiger partial charge in [0, 0.05) is 16.6 Å². The molecule has 0 heterocycles. The lowest BCUT2D eigenvalue weighted by Gasteiger charge is -2.20. The quantitative estimate of drug-likeness (QED) is 0.286. The molecule has 2 aromatic rings. The summed E-state index contributed by atoms with van der Waals surface area (Å²) in [6.45, 7) is 4.34. The molecule has 2 rings (SSSR count). The van der Waals surface area contributed by atoms with E-state index in [4.69, 9.17) is 11.6 Å². The first kappa shape index (κ1) is 34.1. The Balaban J connectivity index is 2.46. The Morgan fingerprint density at radius 3 is 2.15 bits per heavy atom. The SMILES string of the molecule is C=Cc1cc(Cl)cc(C(/C=C(\F)c2ccc(C(=O)N[C@H](C)CS(=O)(=O)CC(F)(F)F)c(C(F)(F)F)c2)C(F)(F)F)c1. The van der Waals surface area contributed by atoms with Gasteiger partial charge in [-0.3, -0.25) is 4.79 Å². The summed E-state index contributed by atoms with van der Waals surface area (Å²) in [6, 6.07) is 2.70. The van der Waals surface area contributed by atoms with Gasteiger partial charge in [-0.15, -0.1) is 0 Å². The number of halogens is 11. The second kappa shape index (κ2) is 12.4. The van der Waals surface area contributed by atoms with Gasteiger partial charge in [0.05, 0.1) is 16.9 Å². The maximum atomic E-state index is 15.0. The van der Waals surface area contributed by atoms with E-state index in [9.17, 15) is 57.1 Å². The highest BCUT2D eigenvalue weighted by Crippen LogP contribution is 2.40. The summed E-state index contributed by atoms with van der Waals surface area (Å²) < 4.78 is 158. The molecular formula is C25H20ClF10NO3S. The van der Waals surface area contributed by atoms with E-state index in [-0.39, 0.29) is 22.7 Å². The predicted octanol–water partition coefficient (Wildman–Crippen LogP) is 7.75. The Bertz CT molecular complexity index is 1430. The van der Waals surface area contributed by atoms with Gasteiger partial charge in [-0.05, 0) is 48.4 Å². The molecule has 4 nitrogen and oxygen atoms in total. The number of benzene rings is 2. The largest absolute Gasteiger partial charge is 0.417 e. The molecule has 0 aliphatic rings. The Morgan fingerprint density at radius 2 is 1.63 bits per heavy atom. The number of hydrogen-bond acceptors (Lipinski definition) is 3. The normalized spacial score (nSPS) is 14.9. The highest BCUT2D eigenvalue weighted by molar-refractivity contribution is 7.91. The van der Waals surface area contributed by atoms with Gasteiger partial charge in [0.25, 0.3) is 5.91 Å².